The molecule has 5 nitrogen and oxygen atoms in total. The zero-order valence-corrected chi connectivity index (χ0v) is 15.0. The van der Waals surface area contributed by atoms with Gasteiger partial charge in [-0.15, -0.1) is 0 Å². The van der Waals surface area contributed by atoms with Crippen molar-refractivity contribution >= 4 is 40.0 Å². The summed E-state index contributed by atoms with van der Waals surface area (Å²) in [5, 5.41) is 0.292. The number of halogens is 4. The number of carbonyl (C=O) groups excluding carboxylic acids is 1. The second-order valence-corrected chi connectivity index (χ2v) is 6.50. The molecule has 0 fully saturated rings. The summed E-state index contributed by atoms with van der Waals surface area (Å²) in [4.78, 5) is 25.0. The Hall–Kier alpha value is -3.00. The lowest BCUT2D eigenvalue weighted by Gasteiger charge is -2.19. The number of ether oxygens (including phenoxy) is 1. The quantitative estimate of drug-likeness (QED) is 0.542. The maximum Gasteiger partial charge on any atom is 0.430 e. The van der Waals surface area contributed by atoms with Gasteiger partial charge in [-0.3, -0.25) is 4.79 Å². The van der Waals surface area contributed by atoms with Crippen LogP contribution in [0.2, 0.25) is 5.02 Å². The molecule has 1 aliphatic rings. The lowest BCUT2D eigenvalue weighted by Crippen LogP contribution is -2.35. The third-order valence-electron chi connectivity index (χ3n) is 4.33. The number of rotatable bonds is 1. The van der Waals surface area contributed by atoms with Gasteiger partial charge in [0.1, 0.15) is 11.6 Å². The molecular formula is C19H11ClF3N3O2. The van der Waals surface area contributed by atoms with Crippen LogP contribution in [0, 0.1) is 0 Å². The van der Waals surface area contributed by atoms with Crippen LogP contribution in [0.1, 0.15) is 11.6 Å². The third kappa shape index (κ3) is 2.99. The fraction of sp³-hybridized carbons (Fsp3) is 0.158. The summed E-state index contributed by atoms with van der Waals surface area (Å²) < 4.78 is 46.2. The highest BCUT2D eigenvalue weighted by molar-refractivity contribution is 6.31. The molecule has 0 N–H and O–H groups in total. The number of esters is 1. The first kappa shape index (κ1) is 18.4. The van der Waals surface area contributed by atoms with Crippen LogP contribution in [0.3, 0.4) is 0 Å². The Morgan fingerprint density at radius 2 is 1.79 bits per heavy atom. The van der Waals surface area contributed by atoms with E-state index in [9.17, 15) is 18.0 Å². The molecule has 3 aromatic rings. The largest absolute Gasteiger partial charge is 0.468 e. The standard InChI is InChI=1S/C19H11ClF3N3O2/c1-28-18(27)14-16-15(24-12-4-2-3-5-13(12)25-16)10-8-9(20)6-7-11(10)26-17(14)19(21,22)23/h2-8,14H,1H3. The van der Waals surface area contributed by atoms with Gasteiger partial charge >= 0.3 is 12.1 Å². The van der Waals surface area contributed by atoms with Crippen LogP contribution in [-0.4, -0.2) is 34.9 Å². The van der Waals surface area contributed by atoms with Crippen LogP contribution in [-0.2, 0) is 9.53 Å². The normalized spacial score (nSPS) is 16.0. The van der Waals surface area contributed by atoms with Crippen molar-refractivity contribution in [1.82, 2.24) is 9.97 Å². The van der Waals surface area contributed by atoms with E-state index in [2.05, 4.69) is 19.7 Å². The number of methoxy groups -OCH3 is 1. The van der Waals surface area contributed by atoms with Gasteiger partial charge in [0.25, 0.3) is 0 Å². The molecule has 142 valence electrons. The van der Waals surface area contributed by atoms with Crippen molar-refractivity contribution in [3.63, 3.8) is 0 Å². The lowest BCUT2D eigenvalue weighted by molar-refractivity contribution is -0.142. The highest BCUT2D eigenvalue weighted by atomic mass is 35.5. The van der Waals surface area contributed by atoms with E-state index in [4.69, 9.17) is 11.6 Å². The van der Waals surface area contributed by atoms with Gasteiger partial charge in [-0.25, -0.2) is 15.0 Å². The third-order valence-corrected chi connectivity index (χ3v) is 4.56. The lowest BCUT2D eigenvalue weighted by atomic mass is 9.95. The summed E-state index contributed by atoms with van der Waals surface area (Å²) >= 11 is 6.06. The molecule has 2 heterocycles. The van der Waals surface area contributed by atoms with Crippen LogP contribution in [0.25, 0.3) is 22.3 Å². The molecular weight excluding hydrogens is 395 g/mol. The second kappa shape index (κ2) is 6.56. The summed E-state index contributed by atoms with van der Waals surface area (Å²) in [6.45, 7) is 0. The molecule has 2 aromatic carbocycles. The Bertz CT molecular complexity index is 1140. The summed E-state index contributed by atoms with van der Waals surface area (Å²) in [5.41, 5.74) is -0.320. The SMILES string of the molecule is COC(=O)C1C(C(F)(F)F)=Nc2ccc(Cl)cc2-c2nc3ccccc3nc21. The van der Waals surface area contributed by atoms with Gasteiger partial charge in [0, 0.05) is 10.6 Å². The molecule has 1 unspecified atom stereocenters. The number of hydrogen-bond donors (Lipinski definition) is 0. The highest BCUT2D eigenvalue weighted by Gasteiger charge is 2.48. The first-order valence-electron chi connectivity index (χ1n) is 8.10. The van der Waals surface area contributed by atoms with Crippen LogP contribution >= 0.6 is 11.6 Å². The minimum Gasteiger partial charge on any atom is -0.468 e. The Labute approximate surface area is 161 Å². The van der Waals surface area contributed by atoms with Crippen molar-refractivity contribution in [2.24, 2.45) is 4.99 Å². The summed E-state index contributed by atoms with van der Waals surface area (Å²) in [5.74, 6) is -3.00. The zero-order chi connectivity index (χ0) is 20.1. The number of aliphatic imine (C=N–C) groups is 1. The van der Waals surface area contributed by atoms with Crippen molar-refractivity contribution in [2.75, 3.05) is 7.11 Å². The molecule has 0 saturated carbocycles. The maximum absolute atomic E-state index is 13.8. The molecule has 4 rings (SSSR count). The van der Waals surface area contributed by atoms with Gasteiger partial charge in [0.05, 0.1) is 35.2 Å². The van der Waals surface area contributed by atoms with E-state index in [1.165, 1.54) is 18.2 Å². The molecule has 28 heavy (non-hydrogen) atoms. The van der Waals surface area contributed by atoms with Crippen molar-refractivity contribution in [1.29, 1.82) is 0 Å². The maximum atomic E-state index is 13.8. The molecule has 0 radical (unpaired) electrons. The van der Waals surface area contributed by atoms with Crippen LogP contribution in [0.5, 0.6) is 0 Å². The molecule has 1 aromatic heterocycles. The first-order chi connectivity index (χ1) is 13.3. The Morgan fingerprint density at radius 1 is 1.11 bits per heavy atom. The van der Waals surface area contributed by atoms with Gasteiger partial charge in [-0.05, 0) is 30.3 Å². The molecule has 1 atom stereocenters. The molecule has 0 amide bonds. The van der Waals surface area contributed by atoms with Crippen LogP contribution in [0.15, 0.2) is 47.5 Å². The second-order valence-electron chi connectivity index (χ2n) is 6.06. The fourth-order valence-corrected chi connectivity index (χ4v) is 3.27. The fourth-order valence-electron chi connectivity index (χ4n) is 3.10. The average Bonchev–Trinajstić information content (AvgIpc) is 2.80. The Balaban J connectivity index is 2.15. The van der Waals surface area contributed by atoms with E-state index >= 15 is 0 Å². The number of alkyl halides is 3. The van der Waals surface area contributed by atoms with Crippen molar-refractivity contribution in [3.8, 4) is 11.3 Å². The van der Waals surface area contributed by atoms with Gasteiger partial charge < -0.3 is 4.74 Å². The van der Waals surface area contributed by atoms with E-state index in [1.807, 2.05) is 0 Å². The topological polar surface area (TPSA) is 64.4 Å². The van der Waals surface area contributed by atoms with Crippen molar-refractivity contribution in [3.05, 3.63) is 53.2 Å². The highest BCUT2D eigenvalue weighted by Crippen LogP contribution is 2.43. The number of hydrogen-bond acceptors (Lipinski definition) is 5. The molecule has 0 bridgehead atoms. The zero-order valence-electron chi connectivity index (χ0n) is 14.3. The van der Waals surface area contributed by atoms with Gasteiger partial charge in [-0.1, -0.05) is 23.7 Å². The van der Waals surface area contributed by atoms with E-state index < -0.39 is 23.8 Å². The smallest absolute Gasteiger partial charge is 0.430 e. The number of aromatic nitrogens is 2. The van der Waals surface area contributed by atoms with E-state index in [-0.39, 0.29) is 22.6 Å². The van der Waals surface area contributed by atoms with Crippen molar-refractivity contribution in [2.45, 2.75) is 12.1 Å². The number of para-hydroxylation sites is 2. The van der Waals surface area contributed by atoms with E-state index in [0.29, 0.717) is 16.1 Å². The Kier molecular flexibility index (Phi) is 4.30. The number of benzene rings is 2. The van der Waals surface area contributed by atoms with E-state index in [0.717, 1.165) is 7.11 Å². The monoisotopic (exact) mass is 405 g/mol. The summed E-state index contributed by atoms with van der Waals surface area (Å²) in [6, 6.07) is 10.9. The van der Waals surface area contributed by atoms with Crippen LogP contribution < -0.4 is 0 Å². The predicted molar refractivity (Wildman–Crippen MR) is 97.9 cm³/mol. The van der Waals surface area contributed by atoms with Gasteiger partial charge in [0.15, 0.2) is 0 Å². The van der Waals surface area contributed by atoms with Gasteiger partial charge in [-0.2, -0.15) is 13.2 Å². The van der Waals surface area contributed by atoms with Gasteiger partial charge in [0.2, 0.25) is 0 Å². The molecule has 9 heteroatoms. The molecule has 0 aliphatic carbocycles. The number of nitrogens with zero attached hydrogens (tertiary/aromatic N) is 3. The van der Waals surface area contributed by atoms with E-state index in [1.54, 1.807) is 24.3 Å². The molecule has 0 saturated heterocycles. The number of fused-ring (bicyclic) bond motifs is 4. The molecule has 1 aliphatic heterocycles. The predicted octanol–water partition coefficient (Wildman–Crippen LogP) is 4.86. The molecule has 0 spiro atoms. The van der Waals surface area contributed by atoms with Crippen LogP contribution in [0.4, 0.5) is 18.9 Å². The first-order valence-corrected chi connectivity index (χ1v) is 8.47. The minimum atomic E-state index is -4.88. The number of carbonyl (C=O) groups is 1. The Morgan fingerprint density at radius 3 is 2.43 bits per heavy atom. The minimum absolute atomic E-state index is 0.00559. The van der Waals surface area contributed by atoms with Crippen molar-refractivity contribution < 1.29 is 22.7 Å². The average molecular weight is 406 g/mol. The summed E-state index contributed by atoms with van der Waals surface area (Å²) in [6.07, 6.45) is -4.88. The summed E-state index contributed by atoms with van der Waals surface area (Å²) in [7, 11) is 1.01.